The van der Waals surface area contributed by atoms with Crippen molar-refractivity contribution in [2.75, 3.05) is 18.5 Å². The fraction of sp³-hybridized carbons (Fsp3) is 0.500. The van der Waals surface area contributed by atoms with Crippen molar-refractivity contribution in [3.8, 4) is 5.88 Å². The third-order valence-corrected chi connectivity index (χ3v) is 2.33. The monoisotopic (exact) mass is 263 g/mol. The SMILES string of the molecule is CCOc1cc(NCCc2noc(C)n2)nc(C)n1. The maximum absolute atomic E-state index is 5.36. The van der Waals surface area contributed by atoms with Crippen LogP contribution in [0.1, 0.15) is 24.5 Å². The van der Waals surface area contributed by atoms with Crippen LogP contribution in [-0.4, -0.2) is 33.3 Å². The Labute approximate surface area is 111 Å². The average Bonchev–Trinajstić information content (AvgIpc) is 2.75. The molecule has 7 heteroatoms. The molecular weight excluding hydrogens is 246 g/mol. The number of rotatable bonds is 6. The Morgan fingerprint density at radius 2 is 2.11 bits per heavy atom. The zero-order chi connectivity index (χ0) is 13.7. The summed E-state index contributed by atoms with van der Waals surface area (Å²) in [7, 11) is 0. The molecule has 0 radical (unpaired) electrons. The van der Waals surface area contributed by atoms with Gasteiger partial charge in [-0.15, -0.1) is 0 Å². The van der Waals surface area contributed by atoms with E-state index >= 15 is 0 Å². The maximum atomic E-state index is 5.36. The first-order valence-electron chi connectivity index (χ1n) is 6.19. The van der Waals surface area contributed by atoms with Gasteiger partial charge in [0.25, 0.3) is 0 Å². The molecule has 0 saturated carbocycles. The third kappa shape index (κ3) is 3.90. The van der Waals surface area contributed by atoms with Crippen LogP contribution in [0.5, 0.6) is 5.88 Å². The predicted molar refractivity (Wildman–Crippen MR) is 69.2 cm³/mol. The van der Waals surface area contributed by atoms with Gasteiger partial charge in [0.05, 0.1) is 6.61 Å². The van der Waals surface area contributed by atoms with Gasteiger partial charge in [-0.05, 0) is 13.8 Å². The summed E-state index contributed by atoms with van der Waals surface area (Å²) in [5, 5.41) is 7.02. The second kappa shape index (κ2) is 6.12. The van der Waals surface area contributed by atoms with Crippen LogP contribution < -0.4 is 10.1 Å². The molecule has 19 heavy (non-hydrogen) atoms. The maximum Gasteiger partial charge on any atom is 0.223 e. The van der Waals surface area contributed by atoms with E-state index in [0.717, 1.165) is 5.82 Å². The molecular formula is C12H17N5O2. The first-order valence-corrected chi connectivity index (χ1v) is 6.19. The van der Waals surface area contributed by atoms with Crippen molar-refractivity contribution >= 4 is 5.82 Å². The molecule has 0 bridgehead atoms. The summed E-state index contributed by atoms with van der Waals surface area (Å²) >= 11 is 0. The number of ether oxygens (including phenoxy) is 1. The van der Waals surface area contributed by atoms with E-state index in [2.05, 4.69) is 25.4 Å². The minimum atomic E-state index is 0.575. The highest BCUT2D eigenvalue weighted by molar-refractivity contribution is 5.38. The van der Waals surface area contributed by atoms with E-state index in [0.29, 0.717) is 43.0 Å². The van der Waals surface area contributed by atoms with Crippen LogP contribution >= 0.6 is 0 Å². The van der Waals surface area contributed by atoms with Crippen LogP contribution in [0.4, 0.5) is 5.82 Å². The van der Waals surface area contributed by atoms with Crippen LogP contribution in [0.25, 0.3) is 0 Å². The number of nitrogens with zero attached hydrogens (tertiary/aromatic N) is 4. The van der Waals surface area contributed by atoms with Gasteiger partial charge in [0.1, 0.15) is 11.6 Å². The Bertz CT molecular complexity index is 541. The molecule has 0 aliphatic rings. The van der Waals surface area contributed by atoms with Crippen LogP contribution in [-0.2, 0) is 6.42 Å². The lowest BCUT2D eigenvalue weighted by molar-refractivity contribution is 0.325. The topological polar surface area (TPSA) is 86.0 Å². The van der Waals surface area contributed by atoms with Crippen molar-refractivity contribution in [2.24, 2.45) is 0 Å². The van der Waals surface area contributed by atoms with Gasteiger partial charge >= 0.3 is 0 Å². The average molecular weight is 263 g/mol. The summed E-state index contributed by atoms with van der Waals surface area (Å²) in [6.45, 7) is 6.77. The molecule has 1 N–H and O–H groups in total. The molecule has 7 nitrogen and oxygen atoms in total. The van der Waals surface area contributed by atoms with Gasteiger partial charge in [0.2, 0.25) is 11.8 Å². The molecule has 0 aliphatic carbocycles. The van der Waals surface area contributed by atoms with Gasteiger partial charge in [-0.1, -0.05) is 5.16 Å². The zero-order valence-electron chi connectivity index (χ0n) is 11.3. The van der Waals surface area contributed by atoms with Crippen LogP contribution in [0.3, 0.4) is 0 Å². The molecule has 2 heterocycles. The lowest BCUT2D eigenvalue weighted by Crippen LogP contribution is -2.09. The number of anilines is 1. The van der Waals surface area contributed by atoms with E-state index in [4.69, 9.17) is 9.26 Å². The number of aryl methyl sites for hydroxylation is 2. The molecule has 2 aromatic rings. The molecule has 0 atom stereocenters. The first kappa shape index (κ1) is 13.3. The highest BCUT2D eigenvalue weighted by atomic mass is 16.5. The molecule has 0 aromatic carbocycles. The van der Waals surface area contributed by atoms with Gasteiger partial charge in [-0.2, -0.15) is 9.97 Å². The molecule has 2 rings (SSSR count). The second-order valence-electron chi connectivity index (χ2n) is 3.98. The van der Waals surface area contributed by atoms with Crippen molar-refractivity contribution in [3.63, 3.8) is 0 Å². The molecule has 0 saturated heterocycles. The number of nitrogens with one attached hydrogen (secondary N) is 1. The highest BCUT2D eigenvalue weighted by Crippen LogP contribution is 2.13. The summed E-state index contributed by atoms with van der Waals surface area (Å²) in [4.78, 5) is 12.6. The number of hydrogen-bond donors (Lipinski definition) is 1. The minimum absolute atomic E-state index is 0.575. The minimum Gasteiger partial charge on any atom is -0.478 e. The predicted octanol–water partition coefficient (Wildman–Crippen LogP) is 1.53. The molecule has 0 unspecified atom stereocenters. The van der Waals surface area contributed by atoms with E-state index in [9.17, 15) is 0 Å². The summed E-state index contributed by atoms with van der Waals surface area (Å²) in [6.07, 6.45) is 0.671. The molecule has 0 aliphatic heterocycles. The van der Waals surface area contributed by atoms with Crippen molar-refractivity contribution in [3.05, 3.63) is 23.6 Å². The van der Waals surface area contributed by atoms with Crippen molar-refractivity contribution in [1.82, 2.24) is 20.1 Å². The second-order valence-corrected chi connectivity index (χ2v) is 3.98. The van der Waals surface area contributed by atoms with Gasteiger partial charge in [0.15, 0.2) is 5.82 Å². The molecule has 2 aromatic heterocycles. The van der Waals surface area contributed by atoms with E-state index in [1.54, 1.807) is 13.0 Å². The quantitative estimate of drug-likeness (QED) is 0.845. The molecule has 0 spiro atoms. The number of aromatic nitrogens is 4. The van der Waals surface area contributed by atoms with Crippen molar-refractivity contribution in [1.29, 1.82) is 0 Å². The molecule has 0 fully saturated rings. The smallest absolute Gasteiger partial charge is 0.223 e. The van der Waals surface area contributed by atoms with Crippen molar-refractivity contribution in [2.45, 2.75) is 27.2 Å². The van der Waals surface area contributed by atoms with E-state index in [-0.39, 0.29) is 0 Å². The van der Waals surface area contributed by atoms with E-state index in [1.807, 2.05) is 13.8 Å². The van der Waals surface area contributed by atoms with E-state index in [1.165, 1.54) is 0 Å². The fourth-order valence-electron chi connectivity index (χ4n) is 1.60. The molecule has 0 amide bonds. The fourth-order valence-corrected chi connectivity index (χ4v) is 1.60. The highest BCUT2D eigenvalue weighted by Gasteiger charge is 2.04. The Kier molecular flexibility index (Phi) is 4.27. The number of hydrogen-bond acceptors (Lipinski definition) is 7. The van der Waals surface area contributed by atoms with Crippen LogP contribution in [0.2, 0.25) is 0 Å². The normalized spacial score (nSPS) is 10.5. The zero-order valence-corrected chi connectivity index (χ0v) is 11.3. The Hall–Kier alpha value is -2.18. The standard InChI is InChI=1S/C12H17N5O2/c1-4-18-12-7-11(14-8(2)15-12)13-6-5-10-16-9(3)19-17-10/h7H,4-6H2,1-3H3,(H,13,14,15). The van der Waals surface area contributed by atoms with Crippen LogP contribution in [0.15, 0.2) is 10.6 Å². The lowest BCUT2D eigenvalue weighted by atomic mass is 10.4. The Morgan fingerprint density at radius 1 is 1.26 bits per heavy atom. The first-order chi connectivity index (χ1) is 9.17. The summed E-state index contributed by atoms with van der Waals surface area (Å²) in [5.74, 6) is 3.24. The third-order valence-electron chi connectivity index (χ3n) is 2.33. The largest absolute Gasteiger partial charge is 0.478 e. The summed E-state index contributed by atoms with van der Waals surface area (Å²) in [5.41, 5.74) is 0. The Balaban J connectivity index is 1.91. The van der Waals surface area contributed by atoms with E-state index < -0.39 is 0 Å². The lowest BCUT2D eigenvalue weighted by Gasteiger charge is -2.07. The Morgan fingerprint density at radius 3 is 2.79 bits per heavy atom. The van der Waals surface area contributed by atoms with Crippen LogP contribution in [0, 0.1) is 13.8 Å². The summed E-state index contributed by atoms with van der Waals surface area (Å²) < 4.78 is 10.3. The van der Waals surface area contributed by atoms with Gasteiger partial charge < -0.3 is 14.6 Å². The summed E-state index contributed by atoms with van der Waals surface area (Å²) in [6, 6.07) is 1.78. The van der Waals surface area contributed by atoms with Gasteiger partial charge in [-0.3, -0.25) is 0 Å². The molecule has 102 valence electrons. The van der Waals surface area contributed by atoms with Crippen molar-refractivity contribution < 1.29 is 9.26 Å². The van der Waals surface area contributed by atoms with Gasteiger partial charge in [0, 0.05) is 26.0 Å². The van der Waals surface area contributed by atoms with Gasteiger partial charge in [-0.25, -0.2) is 4.98 Å².